The van der Waals surface area contributed by atoms with Gasteiger partial charge in [0.15, 0.2) is 0 Å². The van der Waals surface area contributed by atoms with Gasteiger partial charge in [0.05, 0.1) is 0 Å². The molecule has 0 nitrogen and oxygen atoms in total. The Morgan fingerprint density at radius 2 is 1.17 bits per heavy atom. The predicted molar refractivity (Wildman–Crippen MR) is 107 cm³/mol. The second-order valence-electron chi connectivity index (χ2n) is 6.40. The molecule has 0 aliphatic carbocycles. The van der Waals surface area contributed by atoms with Gasteiger partial charge in [0.2, 0.25) is 0 Å². The molecule has 0 spiro atoms. The molecule has 3 aromatic rings. The molecule has 24 heavy (non-hydrogen) atoms. The smallest absolute Gasteiger partial charge is 0.0152 e. The molecule has 0 atom stereocenters. The van der Waals surface area contributed by atoms with Crippen molar-refractivity contribution in [1.82, 2.24) is 0 Å². The van der Waals surface area contributed by atoms with Gasteiger partial charge in [-0.15, -0.1) is 0 Å². The summed E-state index contributed by atoms with van der Waals surface area (Å²) < 4.78 is 0. The maximum absolute atomic E-state index is 2.30. The highest BCUT2D eigenvalue weighted by atomic mass is 14.3. The number of hydrogen-bond acceptors (Lipinski definition) is 0. The normalized spacial score (nSPS) is 10.7. The number of rotatable bonds is 3. The van der Waals surface area contributed by atoms with Gasteiger partial charge in [-0.2, -0.15) is 0 Å². The lowest BCUT2D eigenvalue weighted by Gasteiger charge is -2.28. The van der Waals surface area contributed by atoms with Crippen molar-refractivity contribution in [2.75, 3.05) is 0 Å². The van der Waals surface area contributed by atoms with Crippen LogP contribution in [0.2, 0.25) is 0 Å². The molecule has 0 radical (unpaired) electrons. The summed E-state index contributed by atoms with van der Waals surface area (Å²) in [6, 6.07) is 28.3. The lowest BCUT2D eigenvalue weighted by molar-refractivity contribution is 0.642. The van der Waals surface area contributed by atoms with E-state index in [1.165, 1.54) is 27.8 Å². The van der Waals surface area contributed by atoms with Crippen molar-refractivity contribution >= 4 is 0 Å². The van der Waals surface area contributed by atoms with Gasteiger partial charge in [-0.05, 0) is 29.2 Å². The van der Waals surface area contributed by atoms with Crippen LogP contribution in [-0.2, 0) is 5.41 Å². The van der Waals surface area contributed by atoms with E-state index in [9.17, 15) is 0 Å². The zero-order chi connectivity index (χ0) is 17.6. The Kier molecular flexibility index (Phi) is 5.98. The molecule has 0 bridgehead atoms. The summed E-state index contributed by atoms with van der Waals surface area (Å²) in [5.74, 6) is 0. The molecule has 0 saturated heterocycles. The Balaban J connectivity index is 0.00000100. The van der Waals surface area contributed by atoms with Gasteiger partial charge < -0.3 is 0 Å². The van der Waals surface area contributed by atoms with E-state index in [0.29, 0.717) is 0 Å². The third kappa shape index (κ3) is 3.76. The summed E-state index contributed by atoms with van der Waals surface area (Å²) in [6.45, 7) is 10.7. The van der Waals surface area contributed by atoms with Crippen LogP contribution in [0.25, 0.3) is 11.1 Å². The van der Waals surface area contributed by atoms with Crippen molar-refractivity contribution in [3.8, 4) is 11.1 Å². The first-order chi connectivity index (χ1) is 11.6. The van der Waals surface area contributed by atoms with Crippen LogP contribution in [0.1, 0.15) is 44.4 Å². The molecule has 0 amide bonds. The second-order valence-corrected chi connectivity index (χ2v) is 6.40. The Morgan fingerprint density at radius 1 is 0.625 bits per heavy atom. The van der Waals surface area contributed by atoms with Crippen LogP contribution < -0.4 is 0 Å². The van der Waals surface area contributed by atoms with Gasteiger partial charge in [0, 0.05) is 5.41 Å². The number of benzene rings is 3. The fourth-order valence-electron chi connectivity index (χ4n) is 3.02. The summed E-state index contributed by atoms with van der Waals surface area (Å²) in [5.41, 5.74) is 6.58. The Labute approximate surface area is 147 Å². The molecule has 0 unspecified atom stereocenters. The van der Waals surface area contributed by atoms with Crippen molar-refractivity contribution in [2.24, 2.45) is 0 Å². The van der Waals surface area contributed by atoms with E-state index in [2.05, 4.69) is 99.6 Å². The molecule has 0 saturated carbocycles. The number of aryl methyl sites for hydroxylation is 1. The first-order valence-corrected chi connectivity index (χ1v) is 8.81. The lowest BCUT2D eigenvalue weighted by Crippen LogP contribution is -2.19. The standard InChI is InChI=1S/C22H22.C2H6/c1-17-13-15-18(16-14-17)20-11-7-8-12-21(20)22(2,3)19-9-5-4-6-10-19;1-2/h4-16H,1-3H3;1-2H3. The van der Waals surface area contributed by atoms with E-state index in [4.69, 9.17) is 0 Å². The average Bonchev–Trinajstić information content (AvgIpc) is 2.65. The average molecular weight is 316 g/mol. The fraction of sp³-hybridized carbons (Fsp3) is 0.250. The van der Waals surface area contributed by atoms with Crippen molar-refractivity contribution in [1.29, 1.82) is 0 Å². The quantitative estimate of drug-likeness (QED) is 0.487. The minimum atomic E-state index is -0.0251. The molecular formula is C24H28. The Morgan fingerprint density at radius 3 is 1.79 bits per heavy atom. The van der Waals surface area contributed by atoms with Crippen molar-refractivity contribution in [3.63, 3.8) is 0 Å². The minimum absolute atomic E-state index is 0.0251. The van der Waals surface area contributed by atoms with Crippen LogP contribution in [-0.4, -0.2) is 0 Å². The topological polar surface area (TPSA) is 0 Å². The van der Waals surface area contributed by atoms with Crippen LogP contribution >= 0.6 is 0 Å². The molecule has 0 N–H and O–H groups in total. The molecule has 0 heteroatoms. The Bertz CT molecular complexity index is 750. The molecule has 124 valence electrons. The first-order valence-electron chi connectivity index (χ1n) is 8.81. The molecular weight excluding hydrogens is 288 g/mol. The van der Waals surface area contributed by atoms with Crippen molar-refractivity contribution in [3.05, 3.63) is 95.6 Å². The van der Waals surface area contributed by atoms with Gasteiger partial charge in [-0.25, -0.2) is 0 Å². The van der Waals surface area contributed by atoms with E-state index in [-0.39, 0.29) is 5.41 Å². The van der Waals surface area contributed by atoms with E-state index in [0.717, 1.165) is 0 Å². The van der Waals surface area contributed by atoms with Crippen molar-refractivity contribution < 1.29 is 0 Å². The van der Waals surface area contributed by atoms with Crippen molar-refractivity contribution in [2.45, 2.75) is 40.0 Å². The molecule has 0 heterocycles. The highest BCUT2D eigenvalue weighted by Gasteiger charge is 2.25. The summed E-state index contributed by atoms with van der Waals surface area (Å²) >= 11 is 0. The third-order valence-electron chi connectivity index (χ3n) is 4.46. The summed E-state index contributed by atoms with van der Waals surface area (Å²) in [4.78, 5) is 0. The van der Waals surface area contributed by atoms with Gasteiger partial charge >= 0.3 is 0 Å². The van der Waals surface area contributed by atoms with Gasteiger partial charge in [0.25, 0.3) is 0 Å². The highest BCUT2D eigenvalue weighted by molar-refractivity contribution is 5.70. The monoisotopic (exact) mass is 316 g/mol. The minimum Gasteiger partial charge on any atom is -0.0683 e. The summed E-state index contributed by atoms with van der Waals surface area (Å²) in [7, 11) is 0. The van der Waals surface area contributed by atoms with E-state index < -0.39 is 0 Å². The summed E-state index contributed by atoms with van der Waals surface area (Å²) in [6.07, 6.45) is 0. The predicted octanol–water partition coefficient (Wildman–Crippen LogP) is 7.01. The molecule has 3 rings (SSSR count). The fourth-order valence-corrected chi connectivity index (χ4v) is 3.02. The molecule has 0 aliphatic heterocycles. The number of hydrogen-bond donors (Lipinski definition) is 0. The van der Waals surface area contributed by atoms with Crippen LogP contribution in [0, 0.1) is 6.92 Å². The third-order valence-corrected chi connectivity index (χ3v) is 4.46. The zero-order valence-electron chi connectivity index (χ0n) is 15.5. The Hall–Kier alpha value is -2.34. The highest BCUT2D eigenvalue weighted by Crippen LogP contribution is 2.37. The van der Waals surface area contributed by atoms with E-state index in [1.54, 1.807) is 0 Å². The van der Waals surface area contributed by atoms with Crippen LogP contribution in [0.5, 0.6) is 0 Å². The summed E-state index contributed by atoms with van der Waals surface area (Å²) in [5, 5.41) is 0. The SMILES string of the molecule is CC.Cc1ccc(-c2ccccc2C(C)(C)c2ccccc2)cc1. The second kappa shape index (κ2) is 7.97. The van der Waals surface area contributed by atoms with Gasteiger partial charge in [0.1, 0.15) is 0 Å². The molecule has 3 aromatic carbocycles. The maximum Gasteiger partial charge on any atom is 0.0152 e. The zero-order valence-corrected chi connectivity index (χ0v) is 15.5. The lowest BCUT2D eigenvalue weighted by atomic mass is 9.75. The van der Waals surface area contributed by atoms with Gasteiger partial charge in [-0.1, -0.05) is 112 Å². The molecule has 0 aliphatic rings. The molecule has 0 aromatic heterocycles. The van der Waals surface area contributed by atoms with Gasteiger partial charge in [-0.3, -0.25) is 0 Å². The molecule has 0 fully saturated rings. The maximum atomic E-state index is 2.30. The van der Waals surface area contributed by atoms with E-state index in [1.807, 2.05) is 13.8 Å². The van der Waals surface area contributed by atoms with Crippen LogP contribution in [0.3, 0.4) is 0 Å². The van der Waals surface area contributed by atoms with Crippen LogP contribution in [0.15, 0.2) is 78.9 Å². The van der Waals surface area contributed by atoms with E-state index >= 15 is 0 Å². The van der Waals surface area contributed by atoms with Crippen LogP contribution in [0.4, 0.5) is 0 Å². The first kappa shape index (κ1) is 18.0. The largest absolute Gasteiger partial charge is 0.0683 e.